The second-order valence-electron chi connectivity index (χ2n) is 4.40. The lowest BCUT2D eigenvalue weighted by atomic mass is 10.0. The molecule has 100 valence electrons. The minimum absolute atomic E-state index is 0.00231. The van der Waals surface area contributed by atoms with Gasteiger partial charge in [0, 0.05) is 12.1 Å². The van der Waals surface area contributed by atoms with Gasteiger partial charge in [0.1, 0.15) is 0 Å². The maximum atomic E-state index is 12.0. The highest BCUT2D eigenvalue weighted by atomic mass is 16.5. The zero-order valence-corrected chi connectivity index (χ0v) is 10.5. The van der Waals surface area contributed by atoms with Crippen LogP contribution in [0, 0.1) is 5.92 Å². The molecule has 0 aromatic carbocycles. The van der Waals surface area contributed by atoms with Crippen LogP contribution in [0.4, 0.5) is 0 Å². The summed E-state index contributed by atoms with van der Waals surface area (Å²) < 4.78 is 10.3. The van der Waals surface area contributed by atoms with E-state index >= 15 is 0 Å². The van der Waals surface area contributed by atoms with Crippen molar-refractivity contribution in [3.05, 3.63) is 18.0 Å². The van der Waals surface area contributed by atoms with Gasteiger partial charge in [-0.05, 0) is 13.0 Å². The molecule has 1 fully saturated rings. The molecule has 0 saturated carbocycles. The SMILES string of the molecule is CCCNC1COCC1C(=O)NCc1ccno1. The van der Waals surface area contributed by atoms with E-state index in [-0.39, 0.29) is 17.9 Å². The Morgan fingerprint density at radius 3 is 3.17 bits per heavy atom. The Morgan fingerprint density at radius 1 is 1.56 bits per heavy atom. The van der Waals surface area contributed by atoms with E-state index in [1.165, 1.54) is 0 Å². The summed E-state index contributed by atoms with van der Waals surface area (Å²) in [7, 11) is 0. The van der Waals surface area contributed by atoms with Crippen LogP contribution < -0.4 is 10.6 Å². The Morgan fingerprint density at radius 2 is 2.44 bits per heavy atom. The molecule has 1 amide bonds. The van der Waals surface area contributed by atoms with Crippen LogP contribution >= 0.6 is 0 Å². The molecule has 2 N–H and O–H groups in total. The fourth-order valence-electron chi connectivity index (χ4n) is 1.98. The number of nitrogens with one attached hydrogen (secondary N) is 2. The molecule has 2 atom stereocenters. The molecule has 18 heavy (non-hydrogen) atoms. The number of hydrogen-bond acceptors (Lipinski definition) is 5. The first kappa shape index (κ1) is 13.0. The molecule has 0 spiro atoms. The maximum absolute atomic E-state index is 12.0. The van der Waals surface area contributed by atoms with Gasteiger partial charge in [-0.3, -0.25) is 4.79 Å². The van der Waals surface area contributed by atoms with E-state index in [2.05, 4.69) is 22.7 Å². The fraction of sp³-hybridized carbons (Fsp3) is 0.667. The summed E-state index contributed by atoms with van der Waals surface area (Å²) in [5.74, 6) is 0.525. The number of carbonyl (C=O) groups is 1. The summed E-state index contributed by atoms with van der Waals surface area (Å²) in [6, 6.07) is 1.85. The predicted octanol–water partition coefficient (Wildman–Crippen LogP) is 0.305. The van der Waals surface area contributed by atoms with Crippen molar-refractivity contribution in [3.63, 3.8) is 0 Å². The molecule has 1 saturated heterocycles. The lowest BCUT2D eigenvalue weighted by Crippen LogP contribution is -2.44. The van der Waals surface area contributed by atoms with Gasteiger partial charge in [-0.1, -0.05) is 12.1 Å². The van der Waals surface area contributed by atoms with E-state index in [1.807, 2.05) is 0 Å². The highest BCUT2D eigenvalue weighted by molar-refractivity contribution is 5.79. The summed E-state index contributed by atoms with van der Waals surface area (Å²) in [6.07, 6.45) is 2.61. The van der Waals surface area contributed by atoms with E-state index in [0.29, 0.717) is 25.5 Å². The molecule has 0 radical (unpaired) electrons. The van der Waals surface area contributed by atoms with Crippen molar-refractivity contribution in [2.45, 2.75) is 25.9 Å². The van der Waals surface area contributed by atoms with Gasteiger partial charge < -0.3 is 19.9 Å². The highest BCUT2D eigenvalue weighted by Gasteiger charge is 2.33. The Labute approximate surface area is 106 Å². The molecule has 0 aliphatic carbocycles. The average Bonchev–Trinajstić information content (AvgIpc) is 3.04. The minimum atomic E-state index is -0.125. The number of aromatic nitrogens is 1. The highest BCUT2D eigenvalue weighted by Crippen LogP contribution is 2.14. The van der Waals surface area contributed by atoms with E-state index in [1.54, 1.807) is 12.3 Å². The molecule has 0 bridgehead atoms. The van der Waals surface area contributed by atoms with E-state index < -0.39 is 0 Å². The molecule has 1 aliphatic heterocycles. The lowest BCUT2D eigenvalue weighted by Gasteiger charge is -2.17. The molecule has 2 heterocycles. The van der Waals surface area contributed by atoms with Crippen molar-refractivity contribution in [1.82, 2.24) is 15.8 Å². The number of nitrogens with zero attached hydrogens (tertiary/aromatic N) is 1. The van der Waals surface area contributed by atoms with Gasteiger partial charge in [0.2, 0.25) is 5.91 Å². The molecule has 1 aromatic rings. The first-order valence-electron chi connectivity index (χ1n) is 6.29. The van der Waals surface area contributed by atoms with Crippen molar-refractivity contribution in [2.24, 2.45) is 5.92 Å². The third kappa shape index (κ3) is 3.30. The first-order valence-corrected chi connectivity index (χ1v) is 6.29. The smallest absolute Gasteiger partial charge is 0.227 e. The van der Waals surface area contributed by atoms with Crippen molar-refractivity contribution < 1.29 is 14.1 Å². The average molecular weight is 253 g/mol. The normalized spacial score (nSPS) is 23.2. The van der Waals surface area contributed by atoms with Crippen molar-refractivity contribution in [3.8, 4) is 0 Å². The second-order valence-corrected chi connectivity index (χ2v) is 4.40. The summed E-state index contributed by atoms with van der Waals surface area (Å²) in [5.41, 5.74) is 0. The Balaban J connectivity index is 1.80. The van der Waals surface area contributed by atoms with Crippen molar-refractivity contribution in [1.29, 1.82) is 0 Å². The van der Waals surface area contributed by atoms with Crippen LogP contribution in [-0.2, 0) is 16.1 Å². The summed E-state index contributed by atoms with van der Waals surface area (Å²) in [4.78, 5) is 12.0. The largest absolute Gasteiger partial charge is 0.379 e. The van der Waals surface area contributed by atoms with Gasteiger partial charge in [-0.2, -0.15) is 0 Å². The Hall–Kier alpha value is -1.40. The number of ether oxygens (including phenoxy) is 1. The Kier molecular flexibility index (Phi) is 4.72. The molecule has 2 unspecified atom stereocenters. The van der Waals surface area contributed by atoms with E-state index in [4.69, 9.17) is 9.26 Å². The van der Waals surface area contributed by atoms with Gasteiger partial charge in [0.05, 0.1) is 31.9 Å². The standard InChI is InChI=1S/C12H19N3O3/c1-2-4-13-11-8-17-7-10(11)12(16)14-6-9-3-5-15-18-9/h3,5,10-11,13H,2,4,6-8H2,1H3,(H,14,16). The third-order valence-electron chi connectivity index (χ3n) is 3.00. The van der Waals surface area contributed by atoms with Gasteiger partial charge in [-0.25, -0.2) is 0 Å². The summed E-state index contributed by atoms with van der Waals surface area (Å²) >= 11 is 0. The molecule has 1 aromatic heterocycles. The topological polar surface area (TPSA) is 76.4 Å². The molecular weight excluding hydrogens is 234 g/mol. The molecular formula is C12H19N3O3. The third-order valence-corrected chi connectivity index (χ3v) is 3.00. The number of rotatable bonds is 6. The number of hydrogen-bond donors (Lipinski definition) is 2. The first-order chi connectivity index (χ1) is 8.81. The van der Waals surface area contributed by atoms with Gasteiger partial charge in [-0.15, -0.1) is 0 Å². The van der Waals surface area contributed by atoms with Crippen LogP contribution in [0.5, 0.6) is 0 Å². The minimum Gasteiger partial charge on any atom is -0.379 e. The van der Waals surface area contributed by atoms with Crippen LogP contribution in [0.2, 0.25) is 0 Å². The van der Waals surface area contributed by atoms with Crippen LogP contribution in [0.3, 0.4) is 0 Å². The fourth-order valence-corrected chi connectivity index (χ4v) is 1.98. The molecule has 1 aliphatic rings. The quantitative estimate of drug-likeness (QED) is 0.763. The van der Waals surface area contributed by atoms with Gasteiger partial charge in [0.15, 0.2) is 5.76 Å². The van der Waals surface area contributed by atoms with E-state index in [9.17, 15) is 4.79 Å². The molecule has 6 nitrogen and oxygen atoms in total. The van der Waals surface area contributed by atoms with Crippen LogP contribution in [0.15, 0.2) is 16.8 Å². The number of amides is 1. The van der Waals surface area contributed by atoms with E-state index in [0.717, 1.165) is 13.0 Å². The summed E-state index contributed by atoms with van der Waals surface area (Å²) in [5, 5.41) is 9.76. The lowest BCUT2D eigenvalue weighted by molar-refractivity contribution is -0.125. The van der Waals surface area contributed by atoms with Crippen LogP contribution in [0.25, 0.3) is 0 Å². The monoisotopic (exact) mass is 253 g/mol. The van der Waals surface area contributed by atoms with Gasteiger partial charge in [0.25, 0.3) is 0 Å². The van der Waals surface area contributed by atoms with Crippen LogP contribution in [-0.4, -0.2) is 36.9 Å². The van der Waals surface area contributed by atoms with Crippen molar-refractivity contribution >= 4 is 5.91 Å². The van der Waals surface area contributed by atoms with Gasteiger partial charge >= 0.3 is 0 Å². The van der Waals surface area contributed by atoms with Crippen LogP contribution in [0.1, 0.15) is 19.1 Å². The van der Waals surface area contributed by atoms with Crippen molar-refractivity contribution in [2.75, 3.05) is 19.8 Å². The molecule has 6 heteroatoms. The second kappa shape index (κ2) is 6.51. The molecule has 2 rings (SSSR count). The number of carbonyl (C=O) groups excluding carboxylic acids is 1. The zero-order valence-electron chi connectivity index (χ0n) is 10.5. The predicted molar refractivity (Wildman–Crippen MR) is 64.7 cm³/mol. The summed E-state index contributed by atoms with van der Waals surface area (Å²) in [6.45, 7) is 4.45. The maximum Gasteiger partial charge on any atom is 0.227 e. The zero-order chi connectivity index (χ0) is 12.8. The Bertz CT molecular complexity index is 367.